The van der Waals surface area contributed by atoms with Gasteiger partial charge in [-0.25, -0.2) is 9.97 Å². The van der Waals surface area contributed by atoms with Crippen LogP contribution in [-0.4, -0.2) is 48.0 Å². The fourth-order valence-electron chi connectivity index (χ4n) is 2.68. The molecule has 0 radical (unpaired) electrons. The first-order chi connectivity index (χ1) is 12.6. The number of carbonyl (C=O) groups is 1. The number of para-hydroxylation sites is 1. The zero-order chi connectivity index (χ0) is 18.4. The highest BCUT2D eigenvalue weighted by Gasteiger charge is 2.08. The first-order valence-electron chi connectivity index (χ1n) is 8.63. The normalized spacial score (nSPS) is 10.9. The van der Waals surface area contributed by atoms with Crippen LogP contribution in [0.15, 0.2) is 54.9 Å². The Hall–Kier alpha value is -2.99. The molecule has 3 aromatic rings. The summed E-state index contributed by atoms with van der Waals surface area (Å²) in [6.45, 7) is 1.61. The Labute approximate surface area is 153 Å². The highest BCUT2D eigenvalue weighted by atomic mass is 16.1. The Morgan fingerprint density at radius 1 is 1.08 bits per heavy atom. The molecule has 6 heteroatoms. The number of nitrogens with zero attached hydrogens (tertiary/aromatic N) is 3. The summed E-state index contributed by atoms with van der Waals surface area (Å²) in [5, 5.41) is 7.18. The fraction of sp³-hybridized carbons (Fsp3) is 0.250. The van der Waals surface area contributed by atoms with Crippen molar-refractivity contribution in [3.63, 3.8) is 0 Å². The van der Waals surface area contributed by atoms with E-state index in [1.165, 1.54) is 6.33 Å². The standard InChI is InChI=1S/C20H23N5O/c1-25(2)12-6-11-21-20(26)15-7-5-8-16(13-15)24-19-17-9-3-4-10-18(17)22-14-23-19/h3-5,7-10,13-14H,6,11-12H2,1-2H3,(H,21,26)(H,22,23,24). The number of fused-ring (bicyclic) bond motifs is 1. The van der Waals surface area contributed by atoms with Gasteiger partial charge in [0.25, 0.3) is 5.91 Å². The Balaban J connectivity index is 1.70. The molecule has 1 amide bonds. The van der Waals surface area contributed by atoms with E-state index in [4.69, 9.17) is 0 Å². The van der Waals surface area contributed by atoms with Gasteiger partial charge in [0, 0.05) is 23.2 Å². The third kappa shape index (κ3) is 4.55. The van der Waals surface area contributed by atoms with Crippen molar-refractivity contribution in [3.8, 4) is 0 Å². The molecule has 0 atom stereocenters. The molecule has 0 aliphatic heterocycles. The van der Waals surface area contributed by atoms with Crippen LogP contribution in [0.2, 0.25) is 0 Å². The molecule has 2 N–H and O–H groups in total. The highest BCUT2D eigenvalue weighted by molar-refractivity contribution is 5.96. The van der Waals surface area contributed by atoms with Crippen molar-refractivity contribution in [2.24, 2.45) is 0 Å². The van der Waals surface area contributed by atoms with Gasteiger partial charge in [-0.05, 0) is 57.4 Å². The van der Waals surface area contributed by atoms with E-state index >= 15 is 0 Å². The molecule has 0 fully saturated rings. The zero-order valence-electron chi connectivity index (χ0n) is 15.1. The lowest BCUT2D eigenvalue weighted by Crippen LogP contribution is -2.27. The molecule has 6 nitrogen and oxygen atoms in total. The summed E-state index contributed by atoms with van der Waals surface area (Å²) in [7, 11) is 4.04. The summed E-state index contributed by atoms with van der Waals surface area (Å²) in [5.41, 5.74) is 2.31. The molecule has 0 saturated carbocycles. The van der Waals surface area contributed by atoms with Crippen molar-refractivity contribution in [1.82, 2.24) is 20.2 Å². The number of amides is 1. The number of aromatic nitrogens is 2. The Morgan fingerprint density at radius 2 is 1.92 bits per heavy atom. The first kappa shape index (κ1) is 17.8. The first-order valence-corrected chi connectivity index (χ1v) is 8.63. The topological polar surface area (TPSA) is 70.2 Å². The molecular weight excluding hydrogens is 326 g/mol. The molecular formula is C20H23N5O. The van der Waals surface area contributed by atoms with Crippen LogP contribution in [-0.2, 0) is 0 Å². The summed E-state index contributed by atoms with van der Waals surface area (Å²) in [6, 6.07) is 15.2. The maximum atomic E-state index is 12.3. The van der Waals surface area contributed by atoms with E-state index in [0.717, 1.165) is 35.4 Å². The van der Waals surface area contributed by atoms with Crippen LogP contribution < -0.4 is 10.6 Å². The third-order valence-electron chi connectivity index (χ3n) is 4.00. The van der Waals surface area contributed by atoms with Gasteiger partial charge in [-0.3, -0.25) is 4.79 Å². The molecule has 3 rings (SSSR count). The van der Waals surface area contributed by atoms with Gasteiger partial charge in [0.1, 0.15) is 12.1 Å². The molecule has 0 aliphatic carbocycles. The van der Waals surface area contributed by atoms with Gasteiger partial charge < -0.3 is 15.5 Å². The molecule has 2 aromatic carbocycles. The van der Waals surface area contributed by atoms with Crippen molar-refractivity contribution >= 4 is 28.3 Å². The predicted octanol–water partition coefficient (Wildman–Crippen LogP) is 3.05. The average Bonchev–Trinajstić information content (AvgIpc) is 2.65. The quantitative estimate of drug-likeness (QED) is 0.642. The number of carbonyl (C=O) groups excluding carboxylic acids is 1. The fourth-order valence-corrected chi connectivity index (χ4v) is 2.68. The van der Waals surface area contributed by atoms with Crippen LogP contribution >= 0.6 is 0 Å². The van der Waals surface area contributed by atoms with Crippen molar-refractivity contribution in [2.75, 3.05) is 32.5 Å². The monoisotopic (exact) mass is 349 g/mol. The molecule has 0 saturated heterocycles. The maximum Gasteiger partial charge on any atom is 0.251 e. The second-order valence-corrected chi connectivity index (χ2v) is 6.36. The molecule has 0 unspecified atom stereocenters. The van der Waals surface area contributed by atoms with E-state index in [0.29, 0.717) is 12.1 Å². The molecule has 1 aromatic heterocycles. The number of nitrogens with one attached hydrogen (secondary N) is 2. The van der Waals surface area contributed by atoms with Gasteiger partial charge >= 0.3 is 0 Å². The van der Waals surface area contributed by atoms with E-state index in [-0.39, 0.29) is 5.91 Å². The molecule has 0 spiro atoms. The van der Waals surface area contributed by atoms with Crippen LogP contribution in [0, 0.1) is 0 Å². The zero-order valence-corrected chi connectivity index (χ0v) is 15.1. The highest BCUT2D eigenvalue weighted by Crippen LogP contribution is 2.23. The van der Waals surface area contributed by atoms with Gasteiger partial charge in [0.15, 0.2) is 0 Å². The average molecular weight is 349 g/mol. The minimum Gasteiger partial charge on any atom is -0.352 e. The number of hydrogen-bond acceptors (Lipinski definition) is 5. The van der Waals surface area contributed by atoms with E-state index in [1.54, 1.807) is 0 Å². The minimum atomic E-state index is -0.0695. The second-order valence-electron chi connectivity index (χ2n) is 6.36. The van der Waals surface area contributed by atoms with Gasteiger partial charge in [0.05, 0.1) is 5.52 Å². The molecule has 26 heavy (non-hydrogen) atoms. The van der Waals surface area contributed by atoms with Crippen molar-refractivity contribution in [3.05, 3.63) is 60.4 Å². The summed E-state index contributed by atoms with van der Waals surface area (Å²) in [5.74, 6) is 0.652. The van der Waals surface area contributed by atoms with Crippen LogP contribution in [0.1, 0.15) is 16.8 Å². The molecule has 1 heterocycles. The maximum absolute atomic E-state index is 12.3. The second kappa shape index (κ2) is 8.40. The van der Waals surface area contributed by atoms with Crippen LogP contribution in [0.3, 0.4) is 0 Å². The Kier molecular flexibility index (Phi) is 5.76. The van der Waals surface area contributed by atoms with Crippen LogP contribution in [0.5, 0.6) is 0 Å². The van der Waals surface area contributed by atoms with Crippen molar-refractivity contribution in [2.45, 2.75) is 6.42 Å². The van der Waals surface area contributed by atoms with Crippen molar-refractivity contribution in [1.29, 1.82) is 0 Å². The van der Waals surface area contributed by atoms with E-state index < -0.39 is 0 Å². The molecule has 0 aliphatic rings. The van der Waals surface area contributed by atoms with E-state index in [9.17, 15) is 4.79 Å². The summed E-state index contributed by atoms with van der Waals surface area (Å²) < 4.78 is 0. The predicted molar refractivity (Wildman–Crippen MR) is 105 cm³/mol. The van der Waals surface area contributed by atoms with E-state index in [2.05, 4.69) is 25.5 Å². The lowest BCUT2D eigenvalue weighted by Gasteiger charge is -2.11. The van der Waals surface area contributed by atoms with Gasteiger partial charge in [-0.1, -0.05) is 18.2 Å². The summed E-state index contributed by atoms with van der Waals surface area (Å²) in [4.78, 5) is 23.0. The minimum absolute atomic E-state index is 0.0695. The number of anilines is 2. The van der Waals surface area contributed by atoms with Gasteiger partial charge in [-0.15, -0.1) is 0 Å². The van der Waals surface area contributed by atoms with Crippen molar-refractivity contribution < 1.29 is 4.79 Å². The van der Waals surface area contributed by atoms with E-state index in [1.807, 2.05) is 62.6 Å². The SMILES string of the molecule is CN(C)CCCNC(=O)c1cccc(Nc2ncnc3ccccc23)c1. The number of rotatable bonds is 7. The third-order valence-corrected chi connectivity index (χ3v) is 4.00. The Morgan fingerprint density at radius 3 is 2.77 bits per heavy atom. The smallest absolute Gasteiger partial charge is 0.251 e. The lowest BCUT2D eigenvalue weighted by molar-refractivity contribution is 0.0952. The number of hydrogen-bond donors (Lipinski definition) is 2. The van der Waals surface area contributed by atoms with Gasteiger partial charge in [0.2, 0.25) is 0 Å². The molecule has 134 valence electrons. The van der Waals surface area contributed by atoms with Gasteiger partial charge in [-0.2, -0.15) is 0 Å². The largest absolute Gasteiger partial charge is 0.352 e. The Bertz CT molecular complexity index is 889. The summed E-state index contributed by atoms with van der Waals surface area (Å²) in [6.07, 6.45) is 2.45. The molecule has 0 bridgehead atoms. The van der Waals surface area contributed by atoms with Crippen LogP contribution in [0.4, 0.5) is 11.5 Å². The van der Waals surface area contributed by atoms with Crippen LogP contribution in [0.25, 0.3) is 10.9 Å². The lowest BCUT2D eigenvalue weighted by atomic mass is 10.1. The summed E-state index contributed by atoms with van der Waals surface area (Å²) >= 11 is 0. The number of benzene rings is 2.